The third-order valence-electron chi connectivity index (χ3n) is 6.51. The molecule has 0 aliphatic carbocycles. The number of H-pyrrole nitrogens is 1. The van der Waals surface area contributed by atoms with Crippen LogP contribution in [0.25, 0.3) is 17.2 Å². The summed E-state index contributed by atoms with van der Waals surface area (Å²) in [5.74, 6) is -5.67. The molecular formula is C23H17ClF5N7O2. The van der Waals surface area contributed by atoms with Crippen molar-refractivity contribution in [3.8, 4) is 11.5 Å². The molecule has 1 aliphatic rings. The van der Waals surface area contributed by atoms with E-state index < -0.39 is 41.8 Å². The highest BCUT2D eigenvalue weighted by atomic mass is 35.5. The highest BCUT2D eigenvalue weighted by Gasteiger charge is 2.56. The number of halogens is 6. The Morgan fingerprint density at radius 3 is 2.55 bits per heavy atom. The quantitative estimate of drug-likeness (QED) is 0.357. The second-order valence-corrected chi connectivity index (χ2v) is 9.39. The van der Waals surface area contributed by atoms with Crippen LogP contribution in [-0.4, -0.2) is 47.6 Å². The van der Waals surface area contributed by atoms with E-state index in [1.165, 1.54) is 6.20 Å². The van der Waals surface area contributed by atoms with E-state index in [0.29, 0.717) is 16.1 Å². The van der Waals surface area contributed by atoms with Gasteiger partial charge in [-0.1, -0.05) is 23.7 Å². The molecule has 0 fully saturated rings. The molecule has 3 aromatic heterocycles. The average molecular weight is 554 g/mol. The fraction of sp³-hybridized carbons (Fsp3) is 0.304. The predicted molar refractivity (Wildman–Crippen MR) is 125 cm³/mol. The highest BCUT2D eigenvalue weighted by Crippen LogP contribution is 2.41. The summed E-state index contributed by atoms with van der Waals surface area (Å²) in [5, 5.41) is 6.97. The van der Waals surface area contributed by atoms with Gasteiger partial charge in [0.05, 0.1) is 17.5 Å². The van der Waals surface area contributed by atoms with Gasteiger partial charge in [0.15, 0.2) is 11.5 Å². The van der Waals surface area contributed by atoms with Gasteiger partial charge in [-0.3, -0.25) is 9.59 Å². The first-order valence-corrected chi connectivity index (χ1v) is 11.5. The number of aromatic amines is 1. The Labute approximate surface area is 215 Å². The van der Waals surface area contributed by atoms with Gasteiger partial charge in [0.1, 0.15) is 23.3 Å². The fourth-order valence-corrected chi connectivity index (χ4v) is 4.43. The number of hydrogen-bond donors (Lipinski definition) is 2. The number of alkyl halides is 5. The Balaban J connectivity index is 1.58. The number of amides is 1. The number of anilines is 1. The molecule has 1 unspecified atom stereocenters. The molecule has 1 atom stereocenters. The molecule has 15 heteroatoms. The van der Waals surface area contributed by atoms with Crippen LogP contribution in [0.15, 0.2) is 35.5 Å². The van der Waals surface area contributed by atoms with Crippen molar-refractivity contribution in [2.75, 3.05) is 5.32 Å². The van der Waals surface area contributed by atoms with Crippen LogP contribution in [0.3, 0.4) is 0 Å². The molecule has 2 N–H and O–H groups in total. The van der Waals surface area contributed by atoms with Gasteiger partial charge in [-0.15, -0.1) is 0 Å². The maximum Gasteiger partial charge on any atom is 0.453 e. The van der Waals surface area contributed by atoms with Crippen molar-refractivity contribution in [1.82, 2.24) is 29.5 Å². The van der Waals surface area contributed by atoms with Gasteiger partial charge in [0, 0.05) is 11.4 Å². The molecule has 0 saturated carbocycles. The van der Waals surface area contributed by atoms with Gasteiger partial charge in [0.25, 0.3) is 5.56 Å². The van der Waals surface area contributed by atoms with Crippen LogP contribution in [0.1, 0.15) is 35.7 Å². The molecule has 4 heterocycles. The van der Waals surface area contributed by atoms with Crippen molar-refractivity contribution in [3.63, 3.8) is 0 Å². The number of rotatable bonds is 5. The molecule has 0 radical (unpaired) electrons. The lowest BCUT2D eigenvalue weighted by Crippen LogP contribution is -2.36. The summed E-state index contributed by atoms with van der Waals surface area (Å²) < 4.78 is 66.3. The molecule has 1 aliphatic heterocycles. The number of nitrogens with zero attached hydrogens (tertiary/aromatic N) is 5. The van der Waals surface area contributed by atoms with Crippen molar-refractivity contribution >= 4 is 29.0 Å². The maximum atomic E-state index is 13.6. The van der Waals surface area contributed by atoms with Crippen LogP contribution >= 0.6 is 11.6 Å². The van der Waals surface area contributed by atoms with Gasteiger partial charge >= 0.3 is 12.1 Å². The van der Waals surface area contributed by atoms with Crippen molar-refractivity contribution in [3.05, 3.63) is 68.5 Å². The third-order valence-corrected chi connectivity index (χ3v) is 6.93. The monoisotopic (exact) mass is 553 g/mol. The minimum Gasteiger partial charge on any atom is -0.309 e. The third kappa shape index (κ3) is 3.99. The molecule has 4 aromatic rings. The number of carbonyl (C=O) groups is 1. The summed E-state index contributed by atoms with van der Waals surface area (Å²) in [7, 11) is 0. The van der Waals surface area contributed by atoms with Gasteiger partial charge in [-0.25, -0.2) is 19.5 Å². The van der Waals surface area contributed by atoms with E-state index in [1.807, 2.05) is 0 Å². The zero-order valence-corrected chi connectivity index (χ0v) is 20.4. The second-order valence-electron chi connectivity index (χ2n) is 8.98. The first kappa shape index (κ1) is 25.7. The van der Waals surface area contributed by atoms with E-state index in [1.54, 1.807) is 32.0 Å². The van der Waals surface area contributed by atoms with Crippen LogP contribution in [0.2, 0.25) is 5.02 Å². The highest BCUT2D eigenvalue weighted by molar-refractivity contribution is 6.31. The Hall–Kier alpha value is -3.94. The van der Waals surface area contributed by atoms with E-state index in [4.69, 9.17) is 11.6 Å². The zero-order valence-electron chi connectivity index (χ0n) is 19.6. The standard InChI is InChI=1S/C23H17ClF5N7O2/c1-10-7-11(3-4-12(10)24)21(2)15-17(35-20(21)38)33-16(34-19(15)37)14-8-36-18(30-9-31-36)13(32-14)5-6-22(25,26)23(27,28)29/h3-4,7-9H,5-6H2,1-2H3,(H2,33,34,35,37,38). The van der Waals surface area contributed by atoms with E-state index in [2.05, 4.69) is 30.4 Å². The first-order valence-electron chi connectivity index (χ1n) is 11.1. The lowest BCUT2D eigenvalue weighted by Gasteiger charge is -2.22. The molecular weight excluding hydrogens is 537 g/mol. The van der Waals surface area contributed by atoms with Crippen LogP contribution in [0.5, 0.6) is 0 Å². The second kappa shape index (κ2) is 8.55. The average Bonchev–Trinajstić information content (AvgIpc) is 3.41. The Morgan fingerprint density at radius 1 is 1.13 bits per heavy atom. The number of hydrogen-bond acceptors (Lipinski definition) is 6. The number of carbonyl (C=O) groups excluding carboxylic acids is 1. The lowest BCUT2D eigenvalue weighted by molar-refractivity contribution is -0.284. The lowest BCUT2D eigenvalue weighted by atomic mass is 9.77. The Morgan fingerprint density at radius 2 is 1.87 bits per heavy atom. The van der Waals surface area contributed by atoms with Crippen LogP contribution in [0, 0.1) is 6.92 Å². The first-order chi connectivity index (χ1) is 17.7. The summed E-state index contributed by atoms with van der Waals surface area (Å²) in [5.41, 5.74) is -1.16. The largest absolute Gasteiger partial charge is 0.453 e. The van der Waals surface area contributed by atoms with E-state index >= 15 is 0 Å². The van der Waals surface area contributed by atoms with Crippen molar-refractivity contribution in [1.29, 1.82) is 0 Å². The number of benzene rings is 1. The Bertz CT molecular complexity index is 1670. The molecule has 0 spiro atoms. The maximum absolute atomic E-state index is 13.6. The smallest absolute Gasteiger partial charge is 0.309 e. The van der Waals surface area contributed by atoms with Crippen LogP contribution < -0.4 is 10.9 Å². The summed E-state index contributed by atoms with van der Waals surface area (Å²) in [6, 6.07) is 4.92. The summed E-state index contributed by atoms with van der Waals surface area (Å²) >= 11 is 6.11. The van der Waals surface area contributed by atoms with Gasteiger partial charge in [0.2, 0.25) is 5.91 Å². The molecule has 5 rings (SSSR count). The van der Waals surface area contributed by atoms with Crippen LogP contribution in [0.4, 0.5) is 27.8 Å². The molecule has 0 saturated heterocycles. The van der Waals surface area contributed by atoms with Crippen molar-refractivity contribution in [2.45, 2.75) is 44.2 Å². The van der Waals surface area contributed by atoms with Gasteiger partial charge in [-0.05, 0) is 37.5 Å². The van der Waals surface area contributed by atoms with Crippen molar-refractivity contribution < 1.29 is 26.7 Å². The fourth-order valence-electron chi connectivity index (χ4n) is 4.32. The number of nitrogens with one attached hydrogen (secondary N) is 2. The summed E-state index contributed by atoms with van der Waals surface area (Å²) in [4.78, 5) is 41.2. The summed E-state index contributed by atoms with van der Waals surface area (Å²) in [6.07, 6.45) is -5.74. The van der Waals surface area contributed by atoms with E-state index in [9.17, 15) is 31.5 Å². The van der Waals surface area contributed by atoms with E-state index in [-0.39, 0.29) is 34.2 Å². The number of aryl methyl sites for hydroxylation is 2. The predicted octanol–water partition coefficient (Wildman–Crippen LogP) is 4.22. The Kier molecular flexibility index (Phi) is 5.78. The van der Waals surface area contributed by atoms with Crippen molar-refractivity contribution in [2.24, 2.45) is 0 Å². The molecule has 0 bridgehead atoms. The van der Waals surface area contributed by atoms with Crippen LogP contribution in [-0.2, 0) is 16.6 Å². The number of aromatic nitrogens is 6. The molecule has 38 heavy (non-hydrogen) atoms. The molecule has 1 amide bonds. The normalized spacial score (nSPS) is 17.6. The topological polar surface area (TPSA) is 118 Å². The number of fused-ring (bicyclic) bond motifs is 2. The van der Waals surface area contributed by atoms with Gasteiger partial charge < -0.3 is 10.3 Å². The minimum atomic E-state index is -5.73. The van der Waals surface area contributed by atoms with Gasteiger partial charge in [-0.2, -0.15) is 27.1 Å². The van der Waals surface area contributed by atoms with E-state index in [0.717, 1.165) is 10.8 Å². The minimum absolute atomic E-state index is 0.0331. The SMILES string of the molecule is Cc1cc(C2(C)C(=O)Nc3nc(-c4cn5ncnc5c(CCC(F)(F)C(F)(F)F)n4)[nH]c(=O)c32)ccc1Cl. The summed E-state index contributed by atoms with van der Waals surface area (Å²) in [6.45, 7) is 3.31. The zero-order chi connectivity index (χ0) is 27.6. The molecule has 198 valence electrons. The molecule has 1 aromatic carbocycles. The molecule has 9 nitrogen and oxygen atoms in total.